The van der Waals surface area contributed by atoms with Crippen molar-refractivity contribution in [3.8, 4) is 5.75 Å². The molecule has 0 aliphatic carbocycles. The monoisotopic (exact) mass is 308 g/mol. The Bertz CT molecular complexity index is 450. The van der Waals surface area contributed by atoms with Gasteiger partial charge in [-0.1, -0.05) is 0 Å². The van der Waals surface area contributed by atoms with E-state index in [2.05, 4.69) is 9.05 Å². The van der Waals surface area contributed by atoms with Crippen LogP contribution in [0.4, 0.5) is 0 Å². The highest BCUT2D eigenvalue weighted by molar-refractivity contribution is 7.54. The zero-order valence-corrected chi connectivity index (χ0v) is 12.8. The van der Waals surface area contributed by atoms with Crippen LogP contribution in [0.3, 0.4) is 0 Å². The maximum atomic E-state index is 11.7. The van der Waals surface area contributed by atoms with Gasteiger partial charge in [-0.05, 0) is 11.4 Å². The summed E-state index contributed by atoms with van der Waals surface area (Å²) in [4.78, 5) is 12.5. The molecule has 0 bridgehead atoms. The van der Waals surface area contributed by atoms with Crippen molar-refractivity contribution in [2.75, 3.05) is 34.1 Å². The van der Waals surface area contributed by atoms with Crippen molar-refractivity contribution in [1.29, 1.82) is 0 Å². The van der Waals surface area contributed by atoms with E-state index in [0.717, 1.165) is 10.6 Å². The summed E-state index contributed by atoms with van der Waals surface area (Å²) in [7, 11) is 0.759. The molecule has 1 heterocycles. The van der Waals surface area contributed by atoms with E-state index in [0.29, 0.717) is 0 Å². The predicted molar refractivity (Wildman–Crippen MR) is 72.0 cm³/mol. The molecule has 6 nitrogen and oxygen atoms in total. The lowest BCUT2D eigenvalue weighted by atomic mass is 10.4. The highest BCUT2D eigenvalue weighted by atomic mass is 32.1. The van der Waals surface area contributed by atoms with Gasteiger partial charge in [-0.2, -0.15) is 0 Å². The molecular formula is C11H17O6PS. The first-order valence-corrected chi connectivity index (χ1v) is 8.05. The van der Waals surface area contributed by atoms with E-state index >= 15 is 0 Å². The first-order chi connectivity index (χ1) is 9.04. The molecule has 8 heteroatoms. The predicted octanol–water partition coefficient (Wildman–Crippen LogP) is 2.33. The van der Waals surface area contributed by atoms with Crippen LogP contribution in [-0.4, -0.2) is 39.9 Å². The summed E-state index contributed by atoms with van der Waals surface area (Å²) < 4.78 is 31.5. The molecule has 0 spiro atoms. The molecule has 1 aromatic rings. The van der Waals surface area contributed by atoms with E-state index < -0.39 is 7.60 Å². The number of thiophene rings is 1. The fraction of sp³-hybridized carbons (Fsp3) is 0.545. The molecule has 0 aliphatic heterocycles. The van der Waals surface area contributed by atoms with E-state index in [9.17, 15) is 9.36 Å². The Kier molecular flexibility index (Phi) is 6.68. The van der Waals surface area contributed by atoms with E-state index in [-0.39, 0.29) is 25.2 Å². The summed E-state index contributed by atoms with van der Waals surface area (Å²) in [6, 6.07) is 1.83. The third-order valence-corrected chi connectivity index (χ3v) is 5.08. The number of carbonyl (C=O) groups excluding carboxylic acids is 1. The third-order valence-electron chi connectivity index (χ3n) is 2.35. The molecule has 19 heavy (non-hydrogen) atoms. The minimum absolute atomic E-state index is 0.141. The summed E-state index contributed by atoms with van der Waals surface area (Å²) in [5.41, 5.74) is 0. The van der Waals surface area contributed by atoms with E-state index in [1.807, 2.05) is 11.4 Å². The molecular weight excluding hydrogens is 291 g/mol. The molecule has 0 atom stereocenters. The van der Waals surface area contributed by atoms with Crippen molar-refractivity contribution in [3.05, 3.63) is 16.3 Å². The Labute approximate surface area is 116 Å². The topological polar surface area (TPSA) is 71.1 Å². The summed E-state index contributed by atoms with van der Waals surface area (Å²) in [5.74, 6) is 0.402. The van der Waals surface area contributed by atoms with Crippen LogP contribution in [0.25, 0.3) is 0 Å². The van der Waals surface area contributed by atoms with Gasteiger partial charge >= 0.3 is 7.60 Å². The van der Waals surface area contributed by atoms with Crippen LogP contribution in [0, 0.1) is 0 Å². The number of Topliss-reactive ketones (excluding diaryl/α,β-unsaturated/α-hetero) is 1. The Morgan fingerprint density at radius 1 is 1.32 bits per heavy atom. The average Bonchev–Trinajstić information content (AvgIpc) is 2.86. The molecule has 0 unspecified atom stereocenters. The van der Waals surface area contributed by atoms with Gasteiger partial charge in [0.1, 0.15) is 18.5 Å². The fourth-order valence-electron chi connectivity index (χ4n) is 1.34. The van der Waals surface area contributed by atoms with Gasteiger partial charge in [-0.25, -0.2) is 0 Å². The maximum Gasteiger partial charge on any atom is 0.337 e. The lowest BCUT2D eigenvalue weighted by molar-refractivity contribution is -0.121. The lowest BCUT2D eigenvalue weighted by Gasteiger charge is -2.12. The second-order valence-corrected chi connectivity index (χ2v) is 6.85. The summed E-state index contributed by atoms with van der Waals surface area (Å²) in [6.07, 6.45) is -0.290. The molecule has 0 saturated heterocycles. The van der Waals surface area contributed by atoms with Crippen LogP contribution in [0.15, 0.2) is 11.4 Å². The molecule has 0 fully saturated rings. The first kappa shape index (κ1) is 16.3. The molecule has 1 aromatic heterocycles. The molecule has 0 saturated carbocycles. The van der Waals surface area contributed by atoms with Crippen LogP contribution < -0.4 is 4.74 Å². The number of carbonyl (C=O) groups is 1. The van der Waals surface area contributed by atoms with Gasteiger partial charge in [0.2, 0.25) is 0 Å². The average molecular weight is 308 g/mol. The van der Waals surface area contributed by atoms with Gasteiger partial charge in [0.05, 0.1) is 18.6 Å². The standard InChI is InChI=1S/C11H17O6PS/c1-14-10-4-5-19-11(10)7-17-6-9(12)8-18(13,15-2)16-3/h4-5H,6-8H2,1-3H3. The van der Waals surface area contributed by atoms with Gasteiger partial charge in [0.15, 0.2) is 5.78 Å². The zero-order chi connectivity index (χ0) is 14.3. The molecule has 0 aliphatic rings. The van der Waals surface area contributed by atoms with E-state index in [1.54, 1.807) is 7.11 Å². The number of ketones is 1. The zero-order valence-electron chi connectivity index (χ0n) is 11.1. The Hall–Kier alpha value is -0.720. The number of hydrogen-bond donors (Lipinski definition) is 0. The van der Waals surface area contributed by atoms with Gasteiger partial charge in [0, 0.05) is 14.2 Å². The number of hydrogen-bond acceptors (Lipinski definition) is 7. The van der Waals surface area contributed by atoms with Crippen LogP contribution in [0.1, 0.15) is 4.88 Å². The van der Waals surface area contributed by atoms with Crippen molar-refractivity contribution >= 4 is 24.7 Å². The van der Waals surface area contributed by atoms with Crippen molar-refractivity contribution in [2.24, 2.45) is 0 Å². The highest BCUT2D eigenvalue weighted by Crippen LogP contribution is 2.45. The minimum Gasteiger partial charge on any atom is -0.496 e. The second kappa shape index (κ2) is 7.77. The third kappa shape index (κ3) is 5.04. The Morgan fingerprint density at radius 2 is 2.00 bits per heavy atom. The van der Waals surface area contributed by atoms with Crippen molar-refractivity contribution in [1.82, 2.24) is 0 Å². The molecule has 0 aromatic carbocycles. The smallest absolute Gasteiger partial charge is 0.337 e. The summed E-state index contributed by atoms with van der Waals surface area (Å²) in [5, 5.41) is 1.88. The normalized spacial score (nSPS) is 11.5. The molecule has 0 radical (unpaired) electrons. The Balaban J connectivity index is 2.37. The summed E-state index contributed by atoms with van der Waals surface area (Å²) in [6.45, 7) is 0.134. The number of ether oxygens (including phenoxy) is 2. The Morgan fingerprint density at radius 3 is 2.58 bits per heavy atom. The van der Waals surface area contributed by atoms with Crippen LogP contribution in [0.2, 0.25) is 0 Å². The quantitative estimate of drug-likeness (QED) is 0.652. The van der Waals surface area contributed by atoms with Crippen molar-refractivity contribution < 1.29 is 27.9 Å². The largest absolute Gasteiger partial charge is 0.496 e. The van der Waals surface area contributed by atoms with Crippen LogP contribution in [0.5, 0.6) is 5.75 Å². The molecule has 1 rings (SSSR count). The van der Waals surface area contributed by atoms with E-state index in [1.165, 1.54) is 25.6 Å². The van der Waals surface area contributed by atoms with Crippen LogP contribution in [-0.2, 0) is 29.8 Å². The van der Waals surface area contributed by atoms with Gasteiger partial charge in [0.25, 0.3) is 0 Å². The van der Waals surface area contributed by atoms with Crippen molar-refractivity contribution in [3.63, 3.8) is 0 Å². The minimum atomic E-state index is -3.30. The SMILES string of the molecule is COc1ccsc1COCC(=O)CP(=O)(OC)OC. The molecule has 108 valence electrons. The fourth-order valence-corrected chi connectivity index (χ4v) is 3.04. The second-order valence-electron chi connectivity index (χ2n) is 3.58. The van der Waals surface area contributed by atoms with Gasteiger partial charge in [-0.15, -0.1) is 11.3 Å². The highest BCUT2D eigenvalue weighted by Gasteiger charge is 2.25. The molecule has 0 amide bonds. The van der Waals surface area contributed by atoms with Gasteiger partial charge < -0.3 is 18.5 Å². The van der Waals surface area contributed by atoms with Crippen LogP contribution >= 0.6 is 18.9 Å². The molecule has 0 N–H and O–H groups in total. The first-order valence-electron chi connectivity index (χ1n) is 5.45. The number of methoxy groups -OCH3 is 1. The summed E-state index contributed by atoms with van der Waals surface area (Å²) >= 11 is 1.48. The lowest BCUT2D eigenvalue weighted by Crippen LogP contribution is -2.14. The number of rotatable bonds is 9. The van der Waals surface area contributed by atoms with Crippen molar-refractivity contribution in [2.45, 2.75) is 6.61 Å². The van der Waals surface area contributed by atoms with E-state index in [4.69, 9.17) is 9.47 Å². The van der Waals surface area contributed by atoms with Gasteiger partial charge in [-0.3, -0.25) is 9.36 Å². The maximum absolute atomic E-state index is 11.7.